The number of nitrogens with zero attached hydrogens (tertiary/aromatic N) is 2. The third-order valence-corrected chi connectivity index (χ3v) is 6.50. The van der Waals surface area contributed by atoms with Crippen LogP contribution in [0.3, 0.4) is 0 Å². The van der Waals surface area contributed by atoms with Crippen molar-refractivity contribution in [3.05, 3.63) is 75.3 Å². The molecule has 1 heterocycles. The average Bonchev–Trinajstić information content (AvgIpc) is 3.10. The number of fused-ring (bicyclic) bond motifs is 2. The van der Waals surface area contributed by atoms with E-state index in [1.165, 1.54) is 12.1 Å². The minimum absolute atomic E-state index is 0.000110. The topological polar surface area (TPSA) is 101 Å². The van der Waals surface area contributed by atoms with Crippen LogP contribution in [0.5, 0.6) is 0 Å². The molecule has 2 aromatic rings. The van der Waals surface area contributed by atoms with Crippen LogP contribution in [-0.4, -0.2) is 39.4 Å². The lowest BCUT2D eigenvalue weighted by molar-refractivity contribution is -0.385. The number of carbonyl (C=O) groups is 2. The number of amides is 1. The highest BCUT2D eigenvalue weighted by molar-refractivity contribution is 5.95. The summed E-state index contributed by atoms with van der Waals surface area (Å²) in [6.07, 6.45) is 0.615. The molecule has 0 unspecified atom stereocenters. The van der Waals surface area contributed by atoms with Crippen LogP contribution in [0.25, 0.3) is 0 Å². The largest absolute Gasteiger partial charge is 0.481 e. The highest BCUT2D eigenvalue weighted by Crippen LogP contribution is 2.49. The van der Waals surface area contributed by atoms with Crippen molar-refractivity contribution in [1.29, 1.82) is 0 Å². The first-order chi connectivity index (χ1) is 14.3. The van der Waals surface area contributed by atoms with Gasteiger partial charge in [0.1, 0.15) is 0 Å². The second-order valence-electron chi connectivity index (χ2n) is 8.56. The molecule has 156 valence electrons. The molecule has 1 fully saturated rings. The summed E-state index contributed by atoms with van der Waals surface area (Å²) >= 11 is 0. The fourth-order valence-corrected chi connectivity index (χ4v) is 5.38. The van der Waals surface area contributed by atoms with Gasteiger partial charge in [0, 0.05) is 36.2 Å². The van der Waals surface area contributed by atoms with Crippen molar-refractivity contribution in [1.82, 2.24) is 4.90 Å². The standard InChI is InChI=1S/C23H24N2O5/c1-13(2)21-19-16(12-24(21)22(26)14-6-4-3-5-7-14)10-15-8-9-17(25(29)30)11-18(15)20(19)23(27)28/h3-9,11,13,16,19-21H,10,12H2,1-2H3,(H,27,28)/t16-,19-,20-,21+/m1/s1. The van der Waals surface area contributed by atoms with E-state index >= 15 is 0 Å². The van der Waals surface area contributed by atoms with Gasteiger partial charge in [-0.05, 0) is 41.5 Å². The van der Waals surface area contributed by atoms with Gasteiger partial charge >= 0.3 is 5.97 Å². The molecule has 7 nitrogen and oxygen atoms in total. The first-order valence-corrected chi connectivity index (χ1v) is 10.2. The van der Waals surface area contributed by atoms with Crippen molar-refractivity contribution in [2.45, 2.75) is 32.2 Å². The molecule has 0 bridgehead atoms. The van der Waals surface area contributed by atoms with Crippen LogP contribution in [0, 0.1) is 27.9 Å². The lowest BCUT2D eigenvalue weighted by Crippen LogP contribution is -2.44. The molecule has 1 aliphatic carbocycles. The molecule has 1 N–H and O–H groups in total. The van der Waals surface area contributed by atoms with Crippen LogP contribution in [-0.2, 0) is 11.2 Å². The zero-order chi connectivity index (χ0) is 21.6. The van der Waals surface area contributed by atoms with E-state index in [9.17, 15) is 24.8 Å². The molecule has 1 amide bonds. The quantitative estimate of drug-likeness (QED) is 0.614. The summed E-state index contributed by atoms with van der Waals surface area (Å²) in [5.41, 5.74) is 1.82. The summed E-state index contributed by atoms with van der Waals surface area (Å²) in [6, 6.07) is 13.3. The number of rotatable bonds is 4. The Labute approximate surface area is 174 Å². The maximum absolute atomic E-state index is 13.3. The number of nitro benzene ring substituents is 1. The number of likely N-dealkylation sites (tertiary alicyclic amines) is 1. The number of hydrogen-bond donors (Lipinski definition) is 1. The summed E-state index contributed by atoms with van der Waals surface area (Å²) in [7, 11) is 0. The van der Waals surface area contributed by atoms with Crippen LogP contribution in [0.4, 0.5) is 5.69 Å². The molecule has 2 aromatic carbocycles. The Morgan fingerprint density at radius 2 is 1.87 bits per heavy atom. The Morgan fingerprint density at radius 1 is 1.17 bits per heavy atom. The second kappa shape index (κ2) is 7.55. The molecular formula is C23H24N2O5. The normalized spacial score (nSPS) is 25.0. The van der Waals surface area contributed by atoms with Gasteiger partial charge in [0.25, 0.3) is 11.6 Å². The average molecular weight is 408 g/mol. The molecule has 0 aromatic heterocycles. The maximum Gasteiger partial charge on any atom is 0.311 e. The molecule has 0 saturated carbocycles. The monoisotopic (exact) mass is 408 g/mol. The van der Waals surface area contributed by atoms with Gasteiger partial charge in [-0.25, -0.2) is 0 Å². The summed E-state index contributed by atoms with van der Waals surface area (Å²) in [5, 5.41) is 21.4. The van der Waals surface area contributed by atoms with Crippen molar-refractivity contribution in [2.24, 2.45) is 17.8 Å². The Bertz CT molecular complexity index is 1000. The predicted molar refractivity (Wildman–Crippen MR) is 110 cm³/mol. The van der Waals surface area contributed by atoms with Gasteiger partial charge in [-0.1, -0.05) is 38.1 Å². The third-order valence-electron chi connectivity index (χ3n) is 6.50. The number of nitro groups is 1. The Kier molecular flexibility index (Phi) is 5.05. The van der Waals surface area contributed by atoms with Crippen LogP contribution in [0.1, 0.15) is 41.3 Å². The van der Waals surface area contributed by atoms with E-state index in [2.05, 4.69) is 0 Å². The number of hydrogen-bond acceptors (Lipinski definition) is 4. The molecule has 1 saturated heterocycles. The number of non-ortho nitro benzene ring substituents is 1. The fraction of sp³-hybridized carbons (Fsp3) is 0.391. The van der Waals surface area contributed by atoms with Gasteiger partial charge in [-0.15, -0.1) is 0 Å². The van der Waals surface area contributed by atoms with E-state index < -0.39 is 16.8 Å². The van der Waals surface area contributed by atoms with Crippen molar-refractivity contribution < 1.29 is 19.6 Å². The Hall–Kier alpha value is -3.22. The summed E-state index contributed by atoms with van der Waals surface area (Å²) in [5.74, 6) is -2.20. The maximum atomic E-state index is 13.3. The first kappa shape index (κ1) is 20.1. The number of carboxylic acids is 1. The molecule has 30 heavy (non-hydrogen) atoms. The third kappa shape index (κ3) is 3.24. The molecule has 0 spiro atoms. The van der Waals surface area contributed by atoms with E-state index in [0.29, 0.717) is 24.1 Å². The summed E-state index contributed by atoms with van der Waals surface area (Å²) < 4.78 is 0. The minimum atomic E-state index is -0.994. The Balaban J connectivity index is 1.78. The lowest BCUT2D eigenvalue weighted by Gasteiger charge is -2.38. The van der Waals surface area contributed by atoms with Gasteiger partial charge in [-0.2, -0.15) is 0 Å². The second-order valence-corrected chi connectivity index (χ2v) is 8.56. The van der Waals surface area contributed by atoms with E-state index in [-0.39, 0.29) is 35.4 Å². The van der Waals surface area contributed by atoms with Gasteiger partial charge < -0.3 is 10.0 Å². The van der Waals surface area contributed by atoms with E-state index in [0.717, 1.165) is 5.56 Å². The fourth-order valence-electron chi connectivity index (χ4n) is 5.38. The number of carboxylic acid groups (broad SMARTS) is 1. The Morgan fingerprint density at radius 3 is 2.47 bits per heavy atom. The summed E-state index contributed by atoms with van der Waals surface area (Å²) in [4.78, 5) is 38.3. The predicted octanol–water partition coefficient (Wildman–Crippen LogP) is 3.73. The first-order valence-electron chi connectivity index (χ1n) is 10.2. The molecule has 7 heteroatoms. The highest BCUT2D eigenvalue weighted by Gasteiger charge is 2.53. The molecule has 0 radical (unpaired) electrons. The van der Waals surface area contributed by atoms with Gasteiger partial charge in [0.05, 0.1) is 10.8 Å². The van der Waals surface area contributed by atoms with Crippen LogP contribution < -0.4 is 0 Å². The molecule has 4 atom stereocenters. The zero-order valence-electron chi connectivity index (χ0n) is 16.9. The lowest BCUT2D eigenvalue weighted by atomic mass is 9.66. The van der Waals surface area contributed by atoms with Crippen molar-refractivity contribution in [3.63, 3.8) is 0 Å². The van der Waals surface area contributed by atoms with E-state index in [4.69, 9.17) is 0 Å². The molecule has 1 aliphatic heterocycles. The zero-order valence-corrected chi connectivity index (χ0v) is 16.9. The summed E-state index contributed by atoms with van der Waals surface area (Å²) in [6.45, 7) is 4.49. The van der Waals surface area contributed by atoms with Crippen LogP contribution >= 0.6 is 0 Å². The van der Waals surface area contributed by atoms with Crippen LogP contribution in [0.2, 0.25) is 0 Å². The van der Waals surface area contributed by atoms with E-state index in [1.54, 1.807) is 18.2 Å². The van der Waals surface area contributed by atoms with E-state index in [1.807, 2.05) is 36.9 Å². The highest BCUT2D eigenvalue weighted by atomic mass is 16.6. The van der Waals surface area contributed by atoms with Crippen molar-refractivity contribution >= 4 is 17.6 Å². The smallest absolute Gasteiger partial charge is 0.311 e. The molecule has 4 rings (SSSR count). The minimum Gasteiger partial charge on any atom is -0.481 e. The number of carbonyl (C=O) groups excluding carboxylic acids is 1. The number of benzene rings is 2. The molecule has 2 aliphatic rings. The van der Waals surface area contributed by atoms with Crippen LogP contribution in [0.15, 0.2) is 48.5 Å². The number of aliphatic carboxylic acids is 1. The SMILES string of the molecule is CC(C)[C@H]1[C@@H]2[C@H](Cc3ccc([N+](=O)[O-])cc3[C@H]2C(=O)O)CN1C(=O)c1ccccc1. The van der Waals surface area contributed by atoms with Crippen molar-refractivity contribution in [3.8, 4) is 0 Å². The van der Waals surface area contributed by atoms with Gasteiger partial charge in [0.2, 0.25) is 0 Å². The van der Waals surface area contributed by atoms with Crippen molar-refractivity contribution in [2.75, 3.05) is 6.54 Å². The van der Waals surface area contributed by atoms with Gasteiger partial charge in [0.15, 0.2) is 0 Å². The van der Waals surface area contributed by atoms with Gasteiger partial charge in [-0.3, -0.25) is 19.7 Å². The molecular weight excluding hydrogens is 384 g/mol.